The average Bonchev–Trinajstić information content (AvgIpc) is 2.70. The minimum atomic E-state index is -0.607. The molecule has 1 aromatic carbocycles. The van der Waals surface area contributed by atoms with Crippen LogP contribution in [0.2, 0.25) is 17.6 Å². The molecular formula is C23H34FO2Si. The van der Waals surface area contributed by atoms with Crippen LogP contribution in [-0.2, 0) is 16.0 Å². The van der Waals surface area contributed by atoms with Crippen LogP contribution < -0.4 is 0 Å². The highest BCUT2D eigenvalue weighted by molar-refractivity contribution is 6.60. The summed E-state index contributed by atoms with van der Waals surface area (Å²) in [6.45, 7) is 1.63. The number of benzene rings is 1. The largest absolute Gasteiger partial charge is 0.462 e. The van der Waals surface area contributed by atoms with Gasteiger partial charge in [-0.1, -0.05) is 49.7 Å². The summed E-state index contributed by atoms with van der Waals surface area (Å²) in [5.74, 6) is 0.396. The molecule has 1 saturated carbocycles. The van der Waals surface area contributed by atoms with Crippen LogP contribution >= 0.6 is 0 Å². The Kier molecular flexibility index (Phi) is 7.92. The van der Waals surface area contributed by atoms with Gasteiger partial charge in [0.2, 0.25) is 0 Å². The molecule has 1 saturated heterocycles. The normalized spacial score (nSPS) is 24.7. The molecule has 4 heteroatoms. The highest BCUT2D eigenvalue weighted by atomic mass is 28.3. The number of carbonyl (C=O) groups excluding carboxylic acids is 1. The fourth-order valence-corrected chi connectivity index (χ4v) is 8.54. The topological polar surface area (TPSA) is 26.3 Å². The molecular weight excluding hydrogens is 355 g/mol. The number of hydrogen-bond donors (Lipinski definition) is 0. The van der Waals surface area contributed by atoms with Crippen molar-refractivity contribution in [2.45, 2.75) is 94.4 Å². The van der Waals surface area contributed by atoms with Gasteiger partial charge in [0.05, 0.1) is 21.9 Å². The molecule has 0 spiro atoms. The molecule has 0 amide bonds. The van der Waals surface area contributed by atoms with Crippen molar-refractivity contribution >= 4 is 14.8 Å². The zero-order chi connectivity index (χ0) is 19.1. The van der Waals surface area contributed by atoms with Crippen LogP contribution in [0, 0.1) is 0 Å². The number of ether oxygens (including phenoxy) is 1. The number of carbonyl (C=O) groups is 1. The molecule has 0 bridgehead atoms. The third kappa shape index (κ3) is 5.90. The van der Waals surface area contributed by atoms with E-state index in [0.29, 0.717) is 0 Å². The van der Waals surface area contributed by atoms with E-state index in [-0.39, 0.29) is 27.3 Å². The van der Waals surface area contributed by atoms with Crippen LogP contribution in [-0.4, -0.2) is 27.5 Å². The van der Waals surface area contributed by atoms with Gasteiger partial charge in [-0.05, 0) is 67.5 Å². The quantitative estimate of drug-likeness (QED) is 0.408. The molecule has 1 aliphatic heterocycles. The van der Waals surface area contributed by atoms with Gasteiger partial charge in [-0.15, -0.1) is 0 Å². The summed E-state index contributed by atoms with van der Waals surface area (Å²) in [4.78, 5) is 11.5. The van der Waals surface area contributed by atoms with Gasteiger partial charge >= 0.3 is 5.97 Å². The van der Waals surface area contributed by atoms with E-state index in [2.05, 4.69) is 31.2 Å². The third-order valence-electron chi connectivity index (χ3n) is 6.47. The maximum Gasteiger partial charge on any atom is 0.308 e. The van der Waals surface area contributed by atoms with Gasteiger partial charge in [0.15, 0.2) is 0 Å². The fourth-order valence-electron chi connectivity index (χ4n) is 4.89. The van der Waals surface area contributed by atoms with E-state index in [9.17, 15) is 9.18 Å². The molecule has 1 aliphatic carbocycles. The number of alkyl halides is 1. The molecule has 2 aliphatic rings. The van der Waals surface area contributed by atoms with Crippen molar-refractivity contribution in [2.24, 2.45) is 0 Å². The zero-order valence-corrected chi connectivity index (χ0v) is 17.7. The van der Waals surface area contributed by atoms with E-state index in [4.69, 9.17) is 4.74 Å². The van der Waals surface area contributed by atoms with Gasteiger partial charge in [-0.3, -0.25) is 9.18 Å². The smallest absolute Gasteiger partial charge is 0.308 e. The zero-order valence-electron chi connectivity index (χ0n) is 16.7. The van der Waals surface area contributed by atoms with Crippen molar-refractivity contribution in [1.82, 2.24) is 0 Å². The third-order valence-corrected chi connectivity index (χ3v) is 10.1. The highest BCUT2D eigenvalue weighted by Gasteiger charge is 2.33. The summed E-state index contributed by atoms with van der Waals surface area (Å²) in [5.41, 5.74) is 3.89. The van der Waals surface area contributed by atoms with Crippen molar-refractivity contribution in [3.05, 3.63) is 35.4 Å². The summed E-state index contributed by atoms with van der Waals surface area (Å²) in [7, 11) is -0.266. The van der Waals surface area contributed by atoms with Crippen molar-refractivity contribution in [3.8, 4) is 0 Å². The molecule has 1 aromatic rings. The minimum absolute atomic E-state index is 0.0425. The van der Waals surface area contributed by atoms with E-state index in [1.807, 2.05) is 0 Å². The number of aryl methyl sites for hydroxylation is 1. The second kappa shape index (κ2) is 10.4. The number of rotatable bonds is 7. The Hall–Kier alpha value is -1.16. The lowest BCUT2D eigenvalue weighted by Crippen LogP contribution is -2.31. The van der Waals surface area contributed by atoms with E-state index < -0.39 is 6.67 Å². The molecule has 0 atom stereocenters. The molecule has 27 heavy (non-hydrogen) atoms. The Labute approximate surface area is 165 Å². The SMILES string of the molecule is CCCc1ccc(C2CC[Si](C3CCC(OC(=O)CCF)CC3)CC2)cc1. The Morgan fingerprint density at radius 2 is 1.74 bits per heavy atom. The predicted molar refractivity (Wildman–Crippen MR) is 110 cm³/mol. The lowest BCUT2D eigenvalue weighted by molar-refractivity contribution is -0.150. The Morgan fingerprint density at radius 1 is 1.07 bits per heavy atom. The van der Waals surface area contributed by atoms with Crippen LogP contribution in [0.15, 0.2) is 24.3 Å². The van der Waals surface area contributed by atoms with Crippen molar-refractivity contribution in [1.29, 1.82) is 0 Å². The molecule has 3 rings (SSSR count). The van der Waals surface area contributed by atoms with Gasteiger partial charge in [0.1, 0.15) is 6.10 Å². The van der Waals surface area contributed by atoms with E-state index in [1.54, 1.807) is 5.56 Å². The van der Waals surface area contributed by atoms with Crippen LogP contribution in [0.3, 0.4) is 0 Å². The molecule has 1 heterocycles. The van der Waals surface area contributed by atoms with Gasteiger partial charge in [-0.2, -0.15) is 0 Å². The minimum Gasteiger partial charge on any atom is -0.462 e. The Balaban J connectivity index is 1.41. The molecule has 0 unspecified atom stereocenters. The van der Waals surface area contributed by atoms with E-state index in [0.717, 1.165) is 24.3 Å². The second-order valence-corrected chi connectivity index (χ2v) is 11.5. The van der Waals surface area contributed by atoms with E-state index in [1.165, 1.54) is 56.2 Å². The van der Waals surface area contributed by atoms with Gasteiger partial charge in [0, 0.05) is 0 Å². The van der Waals surface area contributed by atoms with Crippen LogP contribution in [0.4, 0.5) is 4.39 Å². The van der Waals surface area contributed by atoms with Crippen LogP contribution in [0.1, 0.15) is 75.3 Å². The van der Waals surface area contributed by atoms with Crippen LogP contribution in [0.5, 0.6) is 0 Å². The predicted octanol–water partition coefficient (Wildman–Crippen LogP) is 6.23. The summed E-state index contributed by atoms with van der Waals surface area (Å²) in [6.07, 6.45) is 9.45. The maximum atomic E-state index is 12.2. The number of halogens is 1. The monoisotopic (exact) mass is 389 g/mol. The van der Waals surface area contributed by atoms with Gasteiger partial charge in [-0.25, -0.2) is 0 Å². The van der Waals surface area contributed by atoms with Gasteiger partial charge in [0.25, 0.3) is 0 Å². The summed E-state index contributed by atoms with van der Waals surface area (Å²) in [5, 5.41) is 0. The number of esters is 1. The number of hydrogen-bond acceptors (Lipinski definition) is 2. The standard InChI is InChI=1S/C23H34FO2Si/c1-2-3-18-4-6-19(7-5-18)20-13-16-27(17-14-20)22-10-8-21(9-11-22)26-23(25)12-15-24/h4-7,20-22H,2-3,8-17H2,1H3. The first-order chi connectivity index (χ1) is 13.2. The lowest BCUT2D eigenvalue weighted by Gasteiger charge is -2.36. The summed E-state index contributed by atoms with van der Waals surface area (Å²) in [6, 6.07) is 12.2. The maximum absolute atomic E-state index is 12.2. The average molecular weight is 390 g/mol. The summed E-state index contributed by atoms with van der Waals surface area (Å²) >= 11 is 0. The molecule has 2 nitrogen and oxygen atoms in total. The van der Waals surface area contributed by atoms with Crippen LogP contribution in [0.25, 0.3) is 0 Å². The summed E-state index contributed by atoms with van der Waals surface area (Å²) < 4.78 is 17.6. The highest BCUT2D eigenvalue weighted by Crippen LogP contribution is 2.42. The first kappa shape index (κ1) is 20.6. The van der Waals surface area contributed by atoms with Gasteiger partial charge < -0.3 is 4.74 Å². The first-order valence-electron chi connectivity index (χ1n) is 10.9. The molecule has 0 N–H and O–H groups in total. The molecule has 2 fully saturated rings. The van der Waals surface area contributed by atoms with Crippen molar-refractivity contribution in [2.75, 3.05) is 6.67 Å². The fraction of sp³-hybridized carbons (Fsp3) is 0.696. The molecule has 1 radical (unpaired) electrons. The van der Waals surface area contributed by atoms with Crippen molar-refractivity contribution < 1.29 is 13.9 Å². The molecule has 0 aromatic heterocycles. The lowest BCUT2D eigenvalue weighted by atomic mass is 9.92. The van der Waals surface area contributed by atoms with Crippen molar-refractivity contribution in [3.63, 3.8) is 0 Å². The second-order valence-electron chi connectivity index (χ2n) is 8.33. The first-order valence-corrected chi connectivity index (χ1v) is 12.9. The molecule has 149 valence electrons. The Morgan fingerprint density at radius 3 is 2.33 bits per heavy atom. The Bertz CT molecular complexity index is 573. The van der Waals surface area contributed by atoms with E-state index >= 15 is 0 Å².